The minimum atomic E-state index is -0.999. The maximum absolute atomic E-state index is 11.7. The first-order valence-corrected chi connectivity index (χ1v) is 8.68. The molecule has 3 atom stereocenters. The zero-order valence-electron chi connectivity index (χ0n) is 16.2. The molecule has 1 saturated heterocycles. The van der Waals surface area contributed by atoms with Gasteiger partial charge in [0.25, 0.3) is 0 Å². The van der Waals surface area contributed by atoms with E-state index in [0.717, 1.165) is 6.29 Å². The highest BCUT2D eigenvalue weighted by atomic mass is 16.8. The number of hydrogen-bond acceptors (Lipinski definition) is 7. The number of esters is 1. The Morgan fingerprint density at radius 1 is 1.23 bits per heavy atom. The fourth-order valence-corrected chi connectivity index (χ4v) is 3.10. The Hall–Kier alpha value is -1.70. The molecule has 0 aromatic carbocycles. The van der Waals surface area contributed by atoms with Gasteiger partial charge in [0, 0.05) is 33.8 Å². The van der Waals surface area contributed by atoms with Gasteiger partial charge < -0.3 is 23.7 Å². The van der Waals surface area contributed by atoms with Gasteiger partial charge >= 0.3 is 5.97 Å². The van der Waals surface area contributed by atoms with Crippen LogP contribution in [-0.2, 0) is 33.3 Å². The van der Waals surface area contributed by atoms with Gasteiger partial charge in [-0.3, -0.25) is 4.79 Å². The second-order valence-electron chi connectivity index (χ2n) is 7.50. The molecule has 26 heavy (non-hydrogen) atoms. The zero-order chi connectivity index (χ0) is 19.5. The molecule has 0 saturated carbocycles. The molecule has 0 unspecified atom stereocenters. The van der Waals surface area contributed by atoms with E-state index in [-0.39, 0.29) is 18.3 Å². The molecule has 0 spiro atoms. The molecule has 1 fully saturated rings. The molecular formula is C19H28O7. The summed E-state index contributed by atoms with van der Waals surface area (Å²) in [4.78, 5) is 22.6. The quantitative estimate of drug-likeness (QED) is 0.388. The molecule has 2 aliphatic heterocycles. The molecule has 0 bridgehead atoms. The normalized spacial score (nSPS) is 28.8. The molecule has 0 radical (unpaired) electrons. The van der Waals surface area contributed by atoms with E-state index in [1.807, 2.05) is 13.8 Å². The molecule has 2 aliphatic rings. The van der Waals surface area contributed by atoms with Crippen LogP contribution in [0.15, 0.2) is 23.5 Å². The molecule has 0 N–H and O–H groups in total. The standard InChI is InChI=1S/C19H28O7/c1-12(11-20)7-15-16(25-19(4,5)24-15)9-13(22-6)8-14-10-17(21)26-18(2,3)23-14/h7,10-11,13,15-16H,8-9H2,1-6H3/b12-7+/t13-,15+,16+/m0/s1. The summed E-state index contributed by atoms with van der Waals surface area (Å²) in [5, 5.41) is 0. The number of allylic oxidation sites excluding steroid dienone is 1. The summed E-state index contributed by atoms with van der Waals surface area (Å²) in [6.45, 7) is 8.74. The highest BCUT2D eigenvalue weighted by Gasteiger charge is 2.41. The molecule has 146 valence electrons. The van der Waals surface area contributed by atoms with Crippen LogP contribution in [0.1, 0.15) is 47.5 Å². The fourth-order valence-electron chi connectivity index (χ4n) is 3.10. The van der Waals surface area contributed by atoms with Crippen LogP contribution in [0.2, 0.25) is 0 Å². The number of methoxy groups -OCH3 is 1. The lowest BCUT2D eigenvalue weighted by atomic mass is 10.0. The van der Waals surface area contributed by atoms with E-state index in [4.69, 9.17) is 23.7 Å². The summed E-state index contributed by atoms with van der Waals surface area (Å²) >= 11 is 0. The van der Waals surface area contributed by atoms with Crippen LogP contribution in [0.4, 0.5) is 0 Å². The van der Waals surface area contributed by atoms with E-state index in [1.165, 1.54) is 6.08 Å². The fraction of sp³-hybridized carbons (Fsp3) is 0.684. The van der Waals surface area contributed by atoms with E-state index < -0.39 is 17.5 Å². The Labute approximate surface area is 154 Å². The van der Waals surface area contributed by atoms with E-state index >= 15 is 0 Å². The number of carbonyl (C=O) groups excluding carboxylic acids is 2. The molecule has 0 aliphatic carbocycles. The van der Waals surface area contributed by atoms with Crippen molar-refractivity contribution in [3.8, 4) is 0 Å². The van der Waals surface area contributed by atoms with Crippen molar-refractivity contribution in [1.82, 2.24) is 0 Å². The van der Waals surface area contributed by atoms with Gasteiger partial charge in [0.05, 0.1) is 18.3 Å². The topological polar surface area (TPSA) is 80.3 Å². The van der Waals surface area contributed by atoms with E-state index in [9.17, 15) is 9.59 Å². The first kappa shape index (κ1) is 20.6. The minimum absolute atomic E-state index is 0.252. The molecule has 2 rings (SSSR count). The molecule has 0 aromatic heterocycles. The third-order valence-electron chi connectivity index (χ3n) is 4.09. The number of cyclic esters (lactones) is 1. The van der Waals surface area contributed by atoms with Gasteiger partial charge in [0.1, 0.15) is 18.1 Å². The SMILES string of the molecule is CO[C@@H](CC1=CC(=O)OC(C)(C)O1)C[C@H]1OC(C)(C)O[C@@H]1/C=C(\C)C=O. The first-order chi connectivity index (χ1) is 12.0. The van der Waals surface area contributed by atoms with Crippen LogP contribution in [-0.4, -0.2) is 49.3 Å². The van der Waals surface area contributed by atoms with E-state index in [0.29, 0.717) is 24.2 Å². The van der Waals surface area contributed by atoms with E-state index in [2.05, 4.69) is 0 Å². The van der Waals surface area contributed by atoms with Crippen molar-refractivity contribution in [2.24, 2.45) is 0 Å². The van der Waals surface area contributed by atoms with Gasteiger partial charge in [-0.05, 0) is 32.4 Å². The number of carbonyl (C=O) groups is 2. The maximum atomic E-state index is 11.7. The van der Waals surface area contributed by atoms with Gasteiger partial charge in [-0.1, -0.05) is 0 Å². The molecule has 7 heteroatoms. The Morgan fingerprint density at radius 3 is 2.50 bits per heavy atom. The average molecular weight is 368 g/mol. The lowest BCUT2D eigenvalue weighted by Gasteiger charge is -2.32. The van der Waals surface area contributed by atoms with Gasteiger partial charge in [-0.15, -0.1) is 0 Å². The molecule has 0 aromatic rings. The Balaban J connectivity index is 2.08. The first-order valence-electron chi connectivity index (χ1n) is 8.68. The highest BCUT2D eigenvalue weighted by molar-refractivity contribution is 5.83. The second kappa shape index (κ2) is 7.90. The predicted octanol–water partition coefficient (Wildman–Crippen LogP) is 2.64. The lowest BCUT2D eigenvalue weighted by Crippen LogP contribution is -2.36. The molecular weight excluding hydrogens is 340 g/mol. The van der Waals surface area contributed by atoms with Crippen molar-refractivity contribution in [3.63, 3.8) is 0 Å². The average Bonchev–Trinajstić information content (AvgIpc) is 2.77. The summed E-state index contributed by atoms with van der Waals surface area (Å²) in [7, 11) is 1.60. The Bertz CT molecular complexity index is 603. The summed E-state index contributed by atoms with van der Waals surface area (Å²) < 4.78 is 28.2. The third-order valence-corrected chi connectivity index (χ3v) is 4.09. The smallest absolute Gasteiger partial charge is 0.337 e. The monoisotopic (exact) mass is 368 g/mol. The van der Waals surface area contributed by atoms with Crippen molar-refractivity contribution in [3.05, 3.63) is 23.5 Å². The van der Waals surface area contributed by atoms with Crippen molar-refractivity contribution >= 4 is 12.3 Å². The van der Waals surface area contributed by atoms with Crippen molar-refractivity contribution in [1.29, 1.82) is 0 Å². The van der Waals surface area contributed by atoms with Crippen LogP contribution in [0.3, 0.4) is 0 Å². The largest absolute Gasteiger partial charge is 0.457 e. The molecule has 0 amide bonds. The summed E-state index contributed by atoms with van der Waals surface area (Å²) in [5.41, 5.74) is 0.582. The number of aldehydes is 1. The number of hydrogen-bond donors (Lipinski definition) is 0. The number of ether oxygens (including phenoxy) is 5. The van der Waals surface area contributed by atoms with Crippen molar-refractivity contribution in [2.45, 2.75) is 77.3 Å². The van der Waals surface area contributed by atoms with E-state index in [1.54, 1.807) is 34.0 Å². The predicted molar refractivity (Wildman–Crippen MR) is 93.0 cm³/mol. The summed E-state index contributed by atoms with van der Waals surface area (Å²) in [6.07, 6.45) is 3.91. The van der Waals surface area contributed by atoms with Gasteiger partial charge in [-0.25, -0.2) is 4.79 Å². The third kappa shape index (κ3) is 5.65. The van der Waals surface area contributed by atoms with Crippen LogP contribution in [0, 0.1) is 0 Å². The maximum Gasteiger partial charge on any atom is 0.337 e. The van der Waals surface area contributed by atoms with Crippen LogP contribution < -0.4 is 0 Å². The molecule has 2 heterocycles. The van der Waals surface area contributed by atoms with Gasteiger partial charge in [0.15, 0.2) is 5.79 Å². The Morgan fingerprint density at radius 2 is 1.92 bits per heavy atom. The zero-order valence-corrected chi connectivity index (χ0v) is 16.2. The summed E-state index contributed by atoms with van der Waals surface area (Å²) in [6, 6.07) is 0. The summed E-state index contributed by atoms with van der Waals surface area (Å²) in [5.74, 6) is -1.68. The Kier molecular flexibility index (Phi) is 6.26. The second-order valence-corrected chi connectivity index (χ2v) is 7.50. The van der Waals surface area contributed by atoms with Gasteiger partial charge in [0.2, 0.25) is 5.79 Å². The van der Waals surface area contributed by atoms with Crippen LogP contribution in [0.25, 0.3) is 0 Å². The highest BCUT2D eigenvalue weighted by Crippen LogP contribution is 2.34. The lowest BCUT2D eigenvalue weighted by molar-refractivity contribution is -0.207. The van der Waals surface area contributed by atoms with Crippen molar-refractivity contribution in [2.75, 3.05) is 7.11 Å². The molecule has 7 nitrogen and oxygen atoms in total. The number of rotatable bonds is 7. The van der Waals surface area contributed by atoms with Crippen LogP contribution in [0.5, 0.6) is 0 Å². The van der Waals surface area contributed by atoms with Gasteiger partial charge in [-0.2, -0.15) is 0 Å². The van der Waals surface area contributed by atoms with Crippen molar-refractivity contribution < 1.29 is 33.3 Å². The van der Waals surface area contributed by atoms with Crippen LogP contribution >= 0.6 is 0 Å². The minimum Gasteiger partial charge on any atom is -0.457 e.